The van der Waals surface area contributed by atoms with Crippen LogP contribution in [0.5, 0.6) is 0 Å². The minimum absolute atomic E-state index is 0.00116. The van der Waals surface area contributed by atoms with Gasteiger partial charge in [0.05, 0.1) is 17.3 Å². The molecule has 0 saturated carbocycles. The van der Waals surface area contributed by atoms with Crippen molar-refractivity contribution in [3.63, 3.8) is 0 Å². The first-order chi connectivity index (χ1) is 8.47. The van der Waals surface area contributed by atoms with Crippen molar-refractivity contribution in [2.75, 3.05) is 11.8 Å². The number of ketones is 2. The Labute approximate surface area is 117 Å². The van der Waals surface area contributed by atoms with Gasteiger partial charge in [-0.25, -0.2) is 0 Å². The summed E-state index contributed by atoms with van der Waals surface area (Å²) in [6.45, 7) is 3.57. The van der Waals surface area contributed by atoms with Crippen molar-refractivity contribution in [3.8, 4) is 0 Å². The summed E-state index contributed by atoms with van der Waals surface area (Å²) < 4.78 is 0. The summed E-state index contributed by atoms with van der Waals surface area (Å²) in [5, 5.41) is 0. The van der Waals surface area contributed by atoms with Crippen LogP contribution in [0.1, 0.15) is 12.8 Å². The van der Waals surface area contributed by atoms with E-state index < -0.39 is 11.6 Å². The normalized spacial score (nSPS) is 13.6. The van der Waals surface area contributed by atoms with Crippen LogP contribution in [0.15, 0.2) is 24.3 Å². The molecule has 0 saturated heterocycles. The lowest BCUT2D eigenvalue weighted by molar-refractivity contribution is -0.119. The topological polar surface area (TPSA) is 86.2 Å². The first-order valence-electron chi connectivity index (χ1n) is 5.48. The van der Waals surface area contributed by atoms with Crippen LogP contribution in [0, 0.1) is 0 Å². The maximum Gasteiger partial charge on any atom is 0.180 e. The zero-order chi connectivity index (χ0) is 14.1. The van der Waals surface area contributed by atoms with Gasteiger partial charge in [-0.05, 0) is 12.8 Å². The third kappa shape index (κ3) is 5.78. The minimum Gasteiger partial charge on any atom is -0.326 e. The molecule has 0 rings (SSSR count). The van der Waals surface area contributed by atoms with E-state index >= 15 is 0 Å². The van der Waals surface area contributed by atoms with Crippen LogP contribution in [0.25, 0.3) is 0 Å². The van der Waals surface area contributed by atoms with E-state index in [1.54, 1.807) is 6.08 Å². The highest BCUT2D eigenvalue weighted by atomic mass is 35.5. The molecule has 0 aliphatic carbocycles. The molecule has 0 aromatic rings. The van der Waals surface area contributed by atoms with Crippen LogP contribution in [0.3, 0.4) is 0 Å². The minimum atomic E-state index is -0.452. The van der Waals surface area contributed by atoms with Crippen molar-refractivity contribution >= 4 is 34.8 Å². The molecule has 0 aliphatic heterocycles. The fourth-order valence-corrected chi connectivity index (χ4v) is 1.61. The maximum atomic E-state index is 11.5. The molecule has 102 valence electrons. The summed E-state index contributed by atoms with van der Waals surface area (Å²) in [6.07, 6.45) is 4.01. The molecule has 4 N–H and O–H groups in total. The molecule has 6 heteroatoms. The van der Waals surface area contributed by atoms with Gasteiger partial charge >= 0.3 is 0 Å². The van der Waals surface area contributed by atoms with Crippen LogP contribution in [-0.2, 0) is 9.59 Å². The smallest absolute Gasteiger partial charge is 0.180 e. The molecule has 4 nitrogen and oxygen atoms in total. The van der Waals surface area contributed by atoms with Crippen molar-refractivity contribution in [3.05, 3.63) is 24.3 Å². The van der Waals surface area contributed by atoms with Crippen molar-refractivity contribution in [2.45, 2.75) is 24.9 Å². The van der Waals surface area contributed by atoms with Gasteiger partial charge in [-0.2, -0.15) is 0 Å². The van der Waals surface area contributed by atoms with Gasteiger partial charge in [-0.15, -0.1) is 29.8 Å². The van der Waals surface area contributed by atoms with Crippen LogP contribution in [0.2, 0.25) is 0 Å². The van der Waals surface area contributed by atoms with Gasteiger partial charge in [0.15, 0.2) is 11.6 Å². The molecule has 0 aromatic carbocycles. The molecular weight excluding hydrogens is 275 g/mol. The fraction of sp³-hybridized carbons (Fsp3) is 0.500. The highest BCUT2D eigenvalue weighted by Gasteiger charge is 2.17. The van der Waals surface area contributed by atoms with E-state index in [9.17, 15) is 9.59 Å². The second-order valence-corrected chi connectivity index (χ2v) is 4.35. The molecule has 2 atom stereocenters. The van der Waals surface area contributed by atoms with Crippen molar-refractivity contribution in [1.29, 1.82) is 0 Å². The van der Waals surface area contributed by atoms with E-state index in [1.165, 1.54) is 6.08 Å². The van der Waals surface area contributed by atoms with Gasteiger partial charge in [0.1, 0.15) is 0 Å². The number of halogens is 2. The first kappa shape index (κ1) is 17.3. The summed E-state index contributed by atoms with van der Waals surface area (Å²) in [7, 11) is 0. The molecule has 18 heavy (non-hydrogen) atoms. The SMILES string of the molecule is C=CCC(N)C(N)CC=C(C(=O)CCl)C(=O)CCl. The predicted octanol–water partition coefficient (Wildman–Crippen LogP) is 1.15. The monoisotopic (exact) mass is 292 g/mol. The van der Waals surface area contributed by atoms with Crippen LogP contribution < -0.4 is 11.5 Å². The van der Waals surface area contributed by atoms with Crippen molar-refractivity contribution in [2.24, 2.45) is 11.5 Å². The summed E-state index contributed by atoms with van der Waals surface area (Å²) in [5.41, 5.74) is 11.6. The van der Waals surface area contributed by atoms with Gasteiger partial charge in [0.25, 0.3) is 0 Å². The number of Topliss-reactive ketones (excluding diaryl/α,β-unsaturated/α-hetero) is 2. The number of hydrogen-bond acceptors (Lipinski definition) is 4. The molecule has 0 bridgehead atoms. The van der Waals surface area contributed by atoms with Gasteiger partial charge in [-0.1, -0.05) is 12.2 Å². The Bertz CT molecular complexity index is 325. The molecule has 0 fully saturated rings. The third-order valence-corrected chi connectivity index (χ3v) is 2.91. The highest BCUT2D eigenvalue weighted by Crippen LogP contribution is 2.07. The van der Waals surface area contributed by atoms with Crippen LogP contribution in [-0.4, -0.2) is 35.4 Å². The number of nitrogens with two attached hydrogens (primary N) is 2. The zero-order valence-corrected chi connectivity index (χ0v) is 11.6. The average molecular weight is 293 g/mol. The van der Waals surface area contributed by atoms with E-state index in [2.05, 4.69) is 6.58 Å². The number of alkyl halides is 2. The Morgan fingerprint density at radius 1 is 1.06 bits per heavy atom. The lowest BCUT2D eigenvalue weighted by Crippen LogP contribution is -2.40. The fourth-order valence-electron chi connectivity index (χ4n) is 1.32. The van der Waals surface area contributed by atoms with Crippen molar-refractivity contribution in [1.82, 2.24) is 0 Å². The highest BCUT2D eigenvalue weighted by molar-refractivity contribution is 6.40. The molecular formula is C12H18Cl2N2O2. The van der Waals surface area contributed by atoms with E-state index in [4.69, 9.17) is 34.7 Å². The number of carbonyl (C=O) groups is 2. The van der Waals surface area contributed by atoms with Crippen molar-refractivity contribution < 1.29 is 9.59 Å². The maximum absolute atomic E-state index is 11.5. The summed E-state index contributed by atoms with van der Waals surface area (Å²) in [4.78, 5) is 22.9. The average Bonchev–Trinajstić information content (AvgIpc) is 2.37. The standard InChI is InChI=1S/C12H18Cl2N2O2/c1-2-3-9(15)10(16)5-4-8(11(17)6-13)12(18)7-14/h2,4,9-10H,1,3,5-7,15-16H2. The van der Waals surface area contributed by atoms with Crippen LogP contribution in [0.4, 0.5) is 0 Å². The zero-order valence-electron chi connectivity index (χ0n) is 10.1. The van der Waals surface area contributed by atoms with Gasteiger partial charge < -0.3 is 11.5 Å². The Kier molecular flexibility index (Phi) is 8.93. The molecule has 2 unspecified atom stereocenters. The van der Waals surface area contributed by atoms with Gasteiger partial charge in [-0.3, -0.25) is 9.59 Å². The second-order valence-electron chi connectivity index (χ2n) is 3.82. The summed E-state index contributed by atoms with van der Waals surface area (Å²) >= 11 is 10.8. The van der Waals surface area contributed by atoms with E-state index in [1.807, 2.05) is 0 Å². The van der Waals surface area contributed by atoms with E-state index in [0.29, 0.717) is 12.8 Å². The quantitative estimate of drug-likeness (QED) is 0.219. The first-order valence-corrected chi connectivity index (χ1v) is 6.55. The van der Waals surface area contributed by atoms with Gasteiger partial charge in [0.2, 0.25) is 0 Å². The summed E-state index contributed by atoms with van der Waals surface area (Å²) in [6, 6.07) is -0.624. The Morgan fingerprint density at radius 2 is 1.50 bits per heavy atom. The van der Waals surface area contributed by atoms with E-state index in [0.717, 1.165) is 0 Å². The molecule has 0 spiro atoms. The lowest BCUT2D eigenvalue weighted by Gasteiger charge is -2.16. The number of rotatable bonds is 9. The molecule has 0 amide bonds. The molecule has 0 aliphatic rings. The molecule has 0 heterocycles. The predicted molar refractivity (Wildman–Crippen MR) is 74.9 cm³/mol. The Morgan fingerprint density at radius 3 is 1.89 bits per heavy atom. The molecule has 0 radical (unpaired) electrons. The second kappa shape index (κ2) is 9.28. The third-order valence-electron chi connectivity index (χ3n) is 2.43. The Hall–Kier alpha value is -0.680. The van der Waals surface area contributed by atoms with Gasteiger partial charge in [0, 0.05) is 12.1 Å². The van der Waals surface area contributed by atoms with E-state index in [-0.39, 0.29) is 29.4 Å². The molecule has 0 aromatic heterocycles. The Balaban J connectivity index is 4.72. The largest absolute Gasteiger partial charge is 0.326 e. The summed E-state index contributed by atoms with van der Waals surface area (Å²) in [5.74, 6) is -1.43. The number of allylic oxidation sites excluding steroid dienone is 1. The number of carbonyl (C=O) groups excluding carboxylic acids is 2. The lowest BCUT2D eigenvalue weighted by atomic mass is 9.99. The number of hydrogen-bond donors (Lipinski definition) is 2. The van der Waals surface area contributed by atoms with Crippen LogP contribution >= 0.6 is 23.2 Å².